The van der Waals surface area contributed by atoms with Crippen LogP contribution < -0.4 is 5.43 Å². The van der Waals surface area contributed by atoms with Gasteiger partial charge in [-0.2, -0.15) is 5.10 Å². The fourth-order valence-electron chi connectivity index (χ4n) is 3.02. The first-order chi connectivity index (χ1) is 13.3. The zero-order valence-corrected chi connectivity index (χ0v) is 15.1. The van der Waals surface area contributed by atoms with Gasteiger partial charge in [0.25, 0.3) is 11.8 Å². The zero-order valence-electron chi connectivity index (χ0n) is 15.1. The molecular weight excluding hydrogens is 368 g/mol. The number of urea groups is 1. The van der Waals surface area contributed by atoms with Crippen molar-refractivity contribution in [3.63, 3.8) is 0 Å². The predicted octanol–water partition coefficient (Wildman–Crippen LogP) is -0.603. The maximum Gasteiger partial charge on any atom is 0.336 e. The summed E-state index contributed by atoms with van der Waals surface area (Å²) >= 11 is 0. The number of carboxylic acids is 1. The van der Waals surface area contributed by atoms with Crippen molar-refractivity contribution in [1.29, 1.82) is 0 Å². The molecule has 2 atom stereocenters. The van der Waals surface area contributed by atoms with E-state index in [1.165, 1.54) is 42.5 Å². The number of imide groups is 1. The third-order valence-electron chi connectivity index (χ3n) is 4.49. The molecule has 1 aromatic carbocycles. The van der Waals surface area contributed by atoms with Crippen LogP contribution in [0.15, 0.2) is 34.4 Å². The van der Waals surface area contributed by atoms with E-state index in [-0.39, 0.29) is 12.1 Å². The lowest BCUT2D eigenvalue weighted by Crippen LogP contribution is -2.64. The van der Waals surface area contributed by atoms with Gasteiger partial charge >= 0.3 is 12.0 Å². The van der Waals surface area contributed by atoms with Crippen LogP contribution >= 0.6 is 0 Å². The summed E-state index contributed by atoms with van der Waals surface area (Å²) in [7, 11) is 2.91. The second-order valence-corrected chi connectivity index (χ2v) is 6.27. The Hall–Kier alpha value is -3.76. The first kappa shape index (κ1) is 19.0. The molecular formula is C17H18N6O5. The van der Waals surface area contributed by atoms with Crippen molar-refractivity contribution in [3.8, 4) is 0 Å². The fraction of sp³-hybridized carbons (Fsp3) is 0.294. The molecule has 2 N–H and O–H groups in total. The molecule has 1 saturated heterocycles. The van der Waals surface area contributed by atoms with E-state index in [1.54, 1.807) is 18.2 Å². The molecule has 1 fully saturated rings. The fourth-order valence-corrected chi connectivity index (χ4v) is 3.02. The van der Waals surface area contributed by atoms with Gasteiger partial charge < -0.3 is 14.9 Å². The quantitative estimate of drug-likeness (QED) is 0.512. The van der Waals surface area contributed by atoms with Crippen LogP contribution in [0.1, 0.15) is 15.9 Å². The number of aliphatic imine (C=N–C) groups is 1. The summed E-state index contributed by atoms with van der Waals surface area (Å²) in [5, 5.41) is 12.9. The second kappa shape index (κ2) is 7.47. The van der Waals surface area contributed by atoms with Crippen LogP contribution in [-0.4, -0.2) is 89.0 Å². The molecule has 0 aromatic heterocycles. The van der Waals surface area contributed by atoms with Crippen molar-refractivity contribution in [2.75, 3.05) is 20.6 Å². The Morgan fingerprint density at radius 2 is 2.00 bits per heavy atom. The number of benzene rings is 1. The summed E-state index contributed by atoms with van der Waals surface area (Å²) in [5.74, 6) is -2.07. The van der Waals surface area contributed by atoms with Crippen LogP contribution in [0.3, 0.4) is 0 Å². The molecule has 28 heavy (non-hydrogen) atoms. The zero-order chi connectivity index (χ0) is 20.4. The molecule has 2 unspecified atom stereocenters. The largest absolute Gasteiger partial charge is 0.478 e. The predicted molar refractivity (Wildman–Crippen MR) is 97.8 cm³/mol. The standard InChI is InChI=1S/C17H18N6O5/c1-21-14-13(15(25)22(2)17(21)28)23(9-18-14)8-12(24)20-19-7-10-5-3-4-6-11(10)16(26)27/h3-7,9,13-14H,8H2,1-2H3,(H,20,24)(H,26,27)/b19-7+. The van der Waals surface area contributed by atoms with Gasteiger partial charge in [-0.05, 0) is 6.07 Å². The number of carboxylic acid groups (broad SMARTS) is 1. The number of carbonyl (C=O) groups is 4. The summed E-state index contributed by atoms with van der Waals surface area (Å²) in [5.41, 5.74) is 2.68. The third kappa shape index (κ3) is 3.41. The summed E-state index contributed by atoms with van der Waals surface area (Å²) in [6.07, 6.45) is 1.91. The molecule has 0 saturated carbocycles. The minimum absolute atomic E-state index is 0.0542. The Labute approximate surface area is 159 Å². The van der Waals surface area contributed by atoms with Gasteiger partial charge in [0.1, 0.15) is 6.54 Å². The monoisotopic (exact) mass is 386 g/mol. The van der Waals surface area contributed by atoms with Gasteiger partial charge in [-0.15, -0.1) is 0 Å². The molecule has 0 aliphatic carbocycles. The van der Waals surface area contributed by atoms with Crippen LogP contribution in [0.2, 0.25) is 0 Å². The van der Waals surface area contributed by atoms with Crippen LogP contribution in [0.4, 0.5) is 4.79 Å². The smallest absolute Gasteiger partial charge is 0.336 e. The first-order valence-electron chi connectivity index (χ1n) is 8.29. The minimum Gasteiger partial charge on any atom is -0.478 e. The molecule has 0 bridgehead atoms. The highest BCUT2D eigenvalue weighted by Crippen LogP contribution is 2.24. The van der Waals surface area contributed by atoms with Crippen molar-refractivity contribution in [1.82, 2.24) is 20.1 Å². The molecule has 3 rings (SSSR count). The van der Waals surface area contributed by atoms with E-state index in [2.05, 4.69) is 15.5 Å². The Morgan fingerprint density at radius 3 is 2.71 bits per heavy atom. The molecule has 2 aliphatic rings. The maximum absolute atomic E-state index is 12.4. The van der Waals surface area contributed by atoms with Gasteiger partial charge in [0.05, 0.1) is 18.1 Å². The molecule has 1 aromatic rings. The molecule has 11 heteroatoms. The third-order valence-corrected chi connectivity index (χ3v) is 4.49. The van der Waals surface area contributed by atoms with E-state index in [0.29, 0.717) is 5.56 Å². The average molecular weight is 386 g/mol. The molecule has 2 heterocycles. The van der Waals surface area contributed by atoms with Gasteiger partial charge in [-0.3, -0.25) is 14.5 Å². The van der Waals surface area contributed by atoms with Crippen LogP contribution in [0.25, 0.3) is 0 Å². The van der Waals surface area contributed by atoms with E-state index in [1.807, 2.05) is 0 Å². The van der Waals surface area contributed by atoms with Gasteiger partial charge in [0.2, 0.25) is 0 Å². The number of nitrogens with zero attached hydrogens (tertiary/aromatic N) is 5. The summed E-state index contributed by atoms with van der Waals surface area (Å²) in [6, 6.07) is 4.98. The van der Waals surface area contributed by atoms with Crippen LogP contribution in [0, 0.1) is 0 Å². The number of fused-ring (bicyclic) bond motifs is 1. The SMILES string of the molecule is CN1C(=O)C2C(N=CN2CC(=O)N/N=C/c2ccccc2C(=O)O)N(C)C1=O. The van der Waals surface area contributed by atoms with E-state index in [9.17, 15) is 19.2 Å². The molecule has 0 spiro atoms. The average Bonchev–Trinajstić information content (AvgIpc) is 3.08. The number of hydrogen-bond donors (Lipinski definition) is 2. The lowest BCUT2D eigenvalue weighted by Gasteiger charge is -2.39. The Morgan fingerprint density at radius 1 is 1.29 bits per heavy atom. The van der Waals surface area contributed by atoms with E-state index in [4.69, 9.17) is 5.11 Å². The summed E-state index contributed by atoms with van der Waals surface area (Å²) in [6.45, 7) is -0.204. The first-order valence-corrected chi connectivity index (χ1v) is 8.29. The number of rotatable bonds is 5. The van der Waals surface area contributed by atoms with Crippen molar-refractivity contribution >= 4 is 36.4 Å². The number of aromatic carboxylic acids is 1. The molecule has 0 radical (unpaired) electrons. The number of carbonyl (C=O) groups excluding carboxylic acids is 3. The Kier molecular flexibility index (Phi) is 5.07. The minimum atomic E-state index is -1.11. The lowest BCUT2D eigenvalue weighted by molar-refractivity contribution is -0.136. The van der Waals surface area contributed by atoms with Crippen molar-refractivity contribution < 1.29 is 24.3 Å². The van der Waals surface area contributed by atoms with Gasteiger partial charge in [-0.25, -0.2) is 20.0 Å². The highest BCUT2D eigenvalue weighted by molar-refractivity contribution is 6.02. The van der Waals surface area contributed by atoms with Crippen LogP contribution in [0.5, 0.6) is 0 Å². The Bertz CT molecular complexity index is 898. The normalized spacial score (nSPS) is 21.4. The van der Waals surface area contributed by atoms with Gasteiger partial charge in [-0.1, -0.05) is 18.2 Å². The van der Waals surface area contributed by atoms with Gasteiger partial charge in [0, 0.05) is 19.7 Å². The lowest BCUT2D eigenvalue weighted by atomic mass is 10.1. The van der Waals surface area contributed by atoms with E-state index < -0.39 is 36.0 Å². The Balaban J connectivity index is 1.63. The molecule has 11 nitrogen and oxygen atoms in total. The van der Waals surface area contributed by atoms with Gasteiger partial charge in [0.15, 0.2) is 12.2 Å². The van der Waals surface area contributed by atoms with Crippen molar-refractivity contribution in [2.45, 2.75) is 12.2 Å². The summed E-state index contributed by atoms with van der Waals surface area (Å²) in [4.78, 5) is 55.6. The number of hydrazone groups is 1. The maximum atomic E-state index is 12.4. The van der Waals surface area contributed by atoms with E-state index >= 15 is 0 Å². The molecule has 4 amide bonds. The highest BCUT2D eigenvalue weighted by atomic mass is 16.4. The van der Waals surface area contributed by atoms with Crippen molar-refractivity contribution in [2.24, 2.45) is 10.1 Å². The van der Waals surface area contributed by atoms with Crippen molar-refractivity contribution in [3.05, 3.63) is 35.4 Å². The number of likely N-dealkylation sites (N-methyl/N-ethyl adjacent to an activating group) is 2. The molecule has 146 valence electrons. The molecule has 2 aliphatic heterocycles. The number of nitrogens with one attached hydrogen (secondary N) is 1. The topological polar surface area (TPSA) is 135 Å². The van der Waals surface area contributed by atoms with Crippen LogP contribution in [-0.2, 0) is 9.59 Å². The highest BCUT2D eigenvalue weighted by Gasteiger charge is 2.48. The number of amides is 4. The summed E-state index contributed by atoms with van der Waals surface area (Å²) < 4.78 is 0. The second-order valence-electron chi connectivity index (χ2n) is 6.27. The number of hydrogen-bond acceptors (Lipinski definition) is 7. The van der Waals surface area contributed by atoms with E-state index in [0.717, 1.165) is 4.90 Å².